The van der Waals surface area contributed by atoms with Gasteiger partial charge in [-0.15, -0.1) is 0 Å². The van der Waals surface area contributed by atoms with E-state index in [0.717, 1.165) is 25.8 Å². The number of hydrogen-bond acceptors (Lipinski definition) is 2. The number of carbonyl (C=O) groups excluding carboxylic acids is 1. The van der Waals surface area contributed by atoms with Gasteiger partial charge in [0.2, 0.25) is 5.91 Å². The second kappa shape index (κ2) is 3.32. The van der Waals surface area contributed by atoms with Crippen molar-refractivity contribution in [2.24, 2.45) is 5.73 Å². The molecule has 84 valence electrons. The van der Waals surface area contributed by atoms with E-state index >= 15 is 0 Å². The molecule has 2 unspecified atom stereocenters. The maximum absolute atomic E-state index is 11.7. The van der Waals surface area contributed by atoms with E-state index in [1.54, 1.807) is 0 Å². The smallest absolute Gasteiger partial charge is 0.238 e. The van der Waals surface area contributed by atoms with Crippen LogP contribution in [0.3, 0.4) is 0 Å². The maximum Gasteiger partial charge on any atom is 0.238 e. The van der Waals surface area contributed by atoms with Crippen molar-refractivity contribution in [3.8, 4) is 0 Å². The van der Waals surface area contributed by atoms with E-state index in [-0.39, 0.29) is 5.91 Å². The van der Waals surface area contributed by atoms with Gasteiger partial charge in [-0.05, 0) is 42.9 Å². The lowest BCUT2D eigenvalue weighted by atomic mass is 9.68. The Kier molecular flexibility index (Phi) is 2.04. The van der Waals surface area contributed by atoms with Crippen molar-refractivity contribution in [1.29, 1.82) is 0 Å². The molecule has 1 aliphatic heterocycles. The Morgan fingerprint density at radius 1 is 1.44 bits per heavy atom. The Morgan fingerprint density at radius 3 is 3.06 bits per heavy atom. The van der Waals surface area contributed by atoms with Crippen LogP contribution in [0.1, 0.15) is 29.9 Å². The second-order valence-corrected chi connectivity index (χ2v) is 4.94. The summed E-state index contributed by atoms with van der Waals surface area (Å²) in [5.41, 5.74) is 7.78. The Bertz CT molecular complexity index is 443. The minimum atomic E-state index is -0.489. The van der Waals surface area contributed by atoms with Gasteiger partial charge < -0.3 is 11.1 Å². The molecule has 2 bridgehead atoms. The van der Waals surface area contributed by atoms with Crippen molar-refractivity contribution < 1.29 is 4.79 Å². The van der Waals surface area contributed by atoms with Crippen LogP contribution in [-0.4, -0.2) is 18.0 Å². The highest BCUT2D eigenvalue weighted by molar-refractivity contribution is 5.86. The molecule has 3 heteroatoms. The molecule has 0 radical (unpaired) electrons. The zero-order valence-corrected chi connectivity index (χ0v) is 9.20. The van der Waals surface area contributed by atoms with Gasteiger partial charge in [-0.25, -0.2) is 0 Å². The lowest BCUT2D eigenvalue weighted by Crippen LogP contribution is -2.62. The van der Waals surface area contributed by atoms with Gasteiger partial charge in [-0.2, -0.15) is 0 Å². The molecule has 3 N–H and O–H groups in total. The lowest BCUT2D eigenvalue weighted by Gasteiger charge is -2.44. The number of rotatable bonds is 1. The van der Waals surface area contributed by atoms with Gasteiger partial charge in [0.25, 0.3) is 0 Å². The first kappa shape index (κ1) is 9.85. The highest BCUT2D eigenvalue weighted by Gasteiger charge is 2.45. The summed E-state index contributed by atoms with van der Waals surface area (Å²) in [5, 5.41) is 3.33. The number of piperidine rings is 1. The first-order chi connectivity index (χ1) is 7.71. The number of primary amides is 1. The Morgan fingerprint density at radius 2 is 2.25 bits per heavy atom. The van der Waals surface area contributed by atoms with Gasteiger partial charge in [0.15, 0.2) is 0 Å². The number of nitrogens with two attached hydrogens (primary N) is 1. The van der Waals surface area contributed by atoms with Crippen molar-refractivity contribution in [2.75, 3.05) is 6.54 Å². The average molecular weight is 216 g/mol. The molecular formula is C13H16N2O. The number of carbonyl (C=O) groups is 1. The molecule has 1 aromatic rings. The van der Waals surface area contributed by atoms with E-state index in [1.165, 1.54) is 11.1 Å². The van der Waals surface area contributed by atoms with Gasteiger partial charge in [-0.1, -0.05) is 24.3 Å². The quantitative estimate of drug-likeness (QED) is 0.734. The van der Waals surface area contributed by atoms with Gasteiger partial charge in [0.05, 0.1) is 0 Å². The summed E-state index contributed by atoms with van der Waals surface area (Å²) in [5.74, 6) is 0.297. The minimum Gasteiger partial charge on any atom is -0.368 e. The third kappa shape index (κ3) is 1.28. The van der Waals surface area contributed by atoms with Crippen LogP contribution >= 0.6 is 0 Å². The summed E-state index contributed by atoms with van der Waals surface area (Å²) in [4.78, 5) is 11.7. The van der Waals surface area contributed by atoms with Gasteiger partial charge in [0.1, 0.15) is 5.54 Å². The highest BCUT2D eigenvalue weighted by atomic mass is 16.1. The van der Waals surface area contributed by atoms with Crippen LogP contribution in [0.2, 0.25) is 0 Å². The number of benzene rings is 1. The molecule has 3 nitrogen and oxygen atoms in total. The number of fused-ring (bicyclic) bond motifs is 4. The Labute approximate surface area is 95.0 Å². The third-order valence-electron chi connectivity index (χ3n) is 4.01. The highest BCUT2D eigenvalue weighted by Crippen LogP contribution is 2.41. The van der Waals surface area contributed by atoms with E-state index < -0.39 is 5.54 Å². The molecule has 3 rings (SSSR count). The van der Waals surface area contributed by atoms with E-state index in [9.17, 15) is 4.79 Å². The summed E-state index contributed by atoms with van der Waals surface area (Å²) in [6, 6.07) is 8.43. The fourth-order valence-corrected chi connectivity index (χ4v) is 3.17. The number of nitrogens with one attached hydrogen (secondary N) is 1. The first-order valence-electron chi connectivity index (χ1n) is 5.84. The van der Waals surface area contributed by atoms with Crippen LogP contribution < -0.4 is 11.1 Å². The van der Waals surface area contributed by atoms with Crippen LogP contribution in [0.4, 0.5) is 0 Å². The first-order valence-corrected chi connectivity index (χ1v) is 5.84. The molecule has 0 saturated carbocycles. The third-order valence-corrected chi connectivity index (χ3v) is 4.01. The van der Waals surface area contributed by atoms with Crippen LogP contribution in [0.25, 0.3) is 0 Å². The van der Waals surface area contributed by atoms with Crippen molar-refractivity contribution in [3.05, 3.63) is 35.4 Å². The summed E-state index contributed by atoms with van der Waals surface area (Å²) in [6.45, 7) is 0.891. The SMILES string of the molecule is NC(=O)C12Cc3ccccc3C(CCN1)C2. The number of hydrogen-bond donors (Lipinski definition) is 2. The standard InChI is InChI=1S/C13H16N2O/c14-12(16)13-7-9-3-1-2-4-11(9)10(8-13)5-6-15-13/h1-4,10,15H,5-8H2,(H2,14,16). The predicted octanol–water partition coefficient (Wildman–Crippen LogP) is 0.934. The van der Waals surface area contributed by atoms with Crippen LogP contribution in [-0.2, 0) is 11.2 Å². The molecule has 16 heavy (non-hydrogen) atoms. The minimum absolute atomic E-state index is 0.202. The normalized spacial score (nSPS) is 31.9. The topological polar surface area (TPSA) is 55.1 Å². The van der Waals surface area contributed by atoms with Gasteiger partial charge in [-0.3, -0.25) is 4.79 Å². The Hall–Kier alpha value is -1.35. The average Bonchev–Trinajstić information content (AvgIpc) is 2.29. The van der Waals surface area contributed by atoms with Crippen LogP contribution in [0, 0.1) is 0 Å². The molecule has 2 aliphatic rings. The summed E-state index contributed by atoms with van der Waals surface area (Å²) >= 11 is 0. The molecule has 1 amide bonds. The molecule has 1 saturated heterocycles. The maximum atomic E-state index is 11.7. The summed E-state index contributed by atoms with van der Waals surface area (Å²) in [7, 11) is 0. The molecule has 1 aliphatic carbocycles. The van der Waals surface area contributed by atoms with Crippen molar-refractivity contribution in [1.82, 2.24) is 5.32 Å². The van der Waals surface area contributed by atoms with Crippen molar-refractivity contribution in [2.45, 2.75) is 30.7 Å². The monoisotopic (exact) mass is 216 g/mol. The predicted molar refractivity (Wildman–Crippen MR) is 62.0 cm³/mol. The van der Waals surface area contributed by atoms with E-state index in [0.29, 0.717) is 5.92 Å². The summed E-state index contributed by atoms with van der Waals surface area (Å²) < 4.78 is 0. The fraction of sp³-hybridized carbons (Fsp3) is 0.462. The van der Waals surface area contributed by atoms with Crippen molar-refractivity contribution in [3.63, 3.8) is 0 Å². The second-order valence-electron chi connectivity index (χ2n) is 4.94. The molecule has 1 heterocycles. The largest absolute Gasteiger partial charge is 0.368 e. The fourth-order valence-electron chi connectivity index (χ4n) is 3.17. The number of amides is 1. The molecule has 0 aromatic heterocycles. The summed E-state index contributed by atoms with van der Waals surface area (Å²) in [6.07, 6.45) is 2.71. The van der Waals surface area contributed by atoms with E-state index in [4.69, 9.17) is 5.73 Å². The van der Waals surface area contributed by atoms with Gasteiger partial charge in [0, 0.05) is 0 Å². The van der Waals surface area contributed by atoms with E-state index in [2.05, 4.69) is 23.5 Å². The van der Waals surface area contributed by atoms with Crippen LogP contribution in [0.5, 0.6) is 0 Å². The molecule has 1 fully saturated rings. The van der Waals surface area contributed by atoms with Gasteiger partial charge >= 0.3 is 0 Å². The zero-order chi connectivity index (χ0) is 11.2. The van der Waals surface area contributed by atoms with E-state index in [1.807, 2.05) is 6.07 Å². The molecule has 2 atom stereocenters. The lowest BCUT2D eigenvalue weighted by molar-refractivity contribution is -0.125. The molecule has 0 spiro atoms. The molecule has 1 aromatic carbocycles. The zero-order valence-electron chi connectivity index (χ0n) is 9.20. The Balaban J connectivity index is 2.09. The van der Waals surface area contributed by atoms with Crippen LogP contribution in [0.15, 0.2) is 24.3 Å². The molecular weight excluding hydrogens is 200 g/mol. The van der Waals surface area contributed by atoms with Crippen molar-refractivity contribution >= 4 is 5.91 Å².